The minimum atomic E-state index is -1.84. The second-order valence-corrected chi connectivity index (χ2v) is 3.59. The Bertz CT molecular complexity index is 275. The van der Waals surface area contributed by atoms with Crippen LogP contribution in [0.4, 0.5) is 14.4 Å². The van der Waals surface area contributed by atoms with Crippen LogP contribution < -0.4 is 0 Å². The quantitative estimate of drug-likeness (QED) is 0.426. The number of ether oxygens (including phenoxy) is 3. The Morgan fingerprint density at radius 3 is 2.11 bits per heavy atom. The van der Waals surface area contributed by atoms with Gasteiger partial charge in [0, 0.05) is 0 Å². The SMILES string of the molecule is CCCCCCCCOC(=O)OC(=O)OC(=O)O. The Labute approximate surface area is 105 Å². The smallest absolute Gasteiger partial charge is 0.449 e. The van der Waals surface area contributed by atoms with Crippen molar-refractivity contribution in [2.45, 2.75) is 45.4 Å². The van der Waals surface area contributed by atoms with Crippen LogP contribution in [0.15, 0.2) is 0 Å². The number of rotatable bonds is 7. The second-order valence-electron chi connectivity index (χ2n) is 3.59. The summed E-state index contributed by atoms with van der Waals surface area (Å²) in [6.45, 7) is 2.25. The van der Waals surface area contributed by atoms with E-state index in [4.69, 9.17) is 5.11 Å². The summed E-state index contributed by atoms with van der Waals surface area (Å²) < 4.78 is 12.0. The van der Waals surface area contributed by atoms with E-state index in [1.54, 1.807) is 0 Å². The normalized spacial score (nSPS) is 9.61. The van der Waals surface area contributed by atoms with Crippen LogP contribution in [0.25, 0.3) is 0 Å². The molecule has 0 saturated heterocycles. The molecule has 7 nitrogen and oxygen atoms in total. The Hall–Kier alpha value is -1.79. The van der Waals surface area contributed by atoms with Crippen LogP contribution in [-0.4, -0.2) is 30.2 Å². The zero-order valence-electron chi connectivity index (χ0n) is 10.3. The summed E-state index contributed by atoms with van der Waals surface area (Å²) in [7, 11) is 0. The molecule has 0 aromatic carbocycles. The van der Waals surface area contributed by atoms with Gasteiger partial charge >= 0.3 is 18.5 Å². The highest BCUT2D eigenvalue weighted by Crippen LogP contribution is 2.05. The van der Waals surface area contributed by atoms with Crippen LogP contribution in [0.5, 0.6) is 0 Å². The predicted octanol–water partition coefficient (Wildman–Crippen LogP) is 3.31. The molecule has 0 radical (unpaired) electrons. The number of carbonyl (C=O) groups is 3. The second kappa shape index (κ2) is 10.4. The van der Waals surface area contributed by atoms with Crippen molar-refractivity contribution in [1.82, 2.24) is 0 Å². The van der Waals surface area contributed by atoms with E-state index in [0.717, 1.165) is 25.7 Å². The first-order valence-electron chi connectivity index (χ1n) is 5.85. The summed E-state index contributed by atoms with van der Waals surface area (Å²) in [6.07, 6.45) is 1.44. The van der Waals surface area contributed by atoms with E-state index in [1.165, 1.54) is 6.42 Å². The number of unbranched alkanes of at least 4 members (excludes halogenated alkanes) is 5. The highest BCUT2D eigenvalue weighted by molar-refractivity contribution is 5.83. The van der Waals surface area contributed by atoms with Crippen LogP contribution in [0.2, 0.25) is 0 Å². The third-order valence-corrected chi connectivity index (χ3v) is 2.06. The molecule has 0 unspecified atom stereocenters. The van der Waals surface area contributed by atoms with E-state index < -0.39 is 18.5 Å². The molecular weight excluding hydrogens is 244 g/mol. The lowest BCUT2D eigenvalue weighted by molar-refractivity contribution is 0.0385. The summed E-state index contributed by atoms with van der Waals surface area (Å²) >= 11 is 0. The van der Waals surface area contributed by atoms with Gasteiger partial charge in [0.2, 0.25) is 0 Å². The Balaban J connectivity index is 3.42. The van der Waals surface area contributed by atoms with Crippen molar-refractivity contribution < 1.29 is 33.7 Å². The molecule has 0 bridgehead atoms. The highest BCUT2D eigenvalue weighted by atomic mass is 16.8. The first kappa shape index (κ1) is 16.2. The maximum absolute atomic E-state index is 10.8. The molecule has 0 atom stereocenters. The fraction of sp³-hybridized carbons (Fsp3) is 0.727. The lowest BCUT2D eigenvalue weighted by Gasteiger charge is -2.03. The average Bonchev–Trinajstić information content (AvgIpc) is 2.26. The zero-order valence-corrected chi connectivity index (χ0v) is 10.3. The van der Waals surface area contributed by atoms with Crippen LogP contribution in [0.1, 0.15) is 45.4 Å². The molecule has 0 aliphatic heterocycles. The van der Waals surface area contributed by atoms with Crippen molar-refractivity contribution in [3.05, 3.63) is 0 Å². The minimum absolute atomic E-state index is 0.130. The summed E-state index contributed by atoms with van der Waals surface area (Å²) in [6, 6.07) is 0. The first-order valence-corrected chi connectivity index (χ1v) is 5.85. The molecular formula is C11H18O7. The van der Waals surface area contributed by atoms with Crippen molar-refractivity contribution in [2.24, 2.45) is 0 Å². The maximum atomic E-state index is 10.8. The minimum Gasteiger partial charge on any atom is -0.449 e. The van der Waals surface area contributed by atoms with Crippen LogP contribution in [-0.2, 0) is 14.2 Å². The predicted molar refractivity (Wildman–Crippen MR) is 60.3 cm³/mol. The monoisotopic (exact) mass is 262 g/mol. The van der Waals surface area contributed by atoms with Gasteiger partial charge in [0.05, 0.1) is 6.61 Å². The third-order valence-electron chi connectivity index (χ3n) is 2.06. The molecule has 0 spiro atoms. The highest BCUT2D eigenvalue weighted by Gasteiger charge is 2.16. The van der Waals surface area contributed by atoms with Crippen molar-refractivity contribution in [3.8, 4) is 0 Å². The fourth-order valence-corrected chi connectivity index (χ4v) is 1.23. The Kier molecular flexibility index (Phi) is 9.34. The van der Waals surface area contributed by atoms with Crippen LogP contribution in [0.3, 0.4) is 0 Å². The Morgan fingerprint density at radius 2 is 1.50 bits per heavy atom. The van der Waals surface area contributed by atoms with Crippen molar-refractivity contribution in [3.63, 3.8) is 0 Å². The molecule has 0 aliphatic carbocycles. The largest absolute Gasteiger partial charge is 0.528 e. The van der Waals surface area contributed by atoms with Gasteiger partial charge in [-0.25, -0.2) is 14.4 Å². The van der Waals surface area contributed by atoms with E-state index >= 15 is 0 Å². The molecule has 1 N–H and O–H groups in total. The van der Waals surface area contributed by atoms with E-state index in [-0.39, 0.29) is 6.61 Å². The maximum Gasteiger partial charge on any atom is 0.528 e. The molecule has 0 fully saturated rings. The number of hydrogen-bond donors (Lipinski definition) is 1. The van der Waals surface area contributed by atoms with E-state index in [2.05, 4.69) is 21.1 Å². The van der Waals surface area contributed by atoms with E-state index in [9.17, 15) is 14.4 Å². The summed E-state index contributed by atoms with van der Waals surface area (Å²) in [5.74, 6) is 0. The first-order chi connectivity index (χ1) is 8.56. The van der Waals surface area contributed by atoms with Gasteiger partial charge in [-0.05, 0) is 6.42 Å². The van der Waals surface area contributed by atoms with Gasteiger partial charge in [-0.1, -0.05) is 39.0 Å². The van der Waals surface area contributed by atoms with Crippen LogP contribution in [0, 0.1) is 0 Å². The molecule has 0 heterocycles. The topological polar surface area (TPSA) is 99.1 Å². The fourth-order valence-electron chi connectivity index (χ4n) is 1.23. The molecule has 7 heteroatoms. The molecule has 0 aliphatic rings. The summed E-state index contributed by atoms with van der Waals surface area (Å²) in [5, 5.41) is 8.04. The van der Waals surface area contributed by atoms with Gasteiger partial charge in [-0.3, -0.25) is 0 Å². The van der Waals surface area contributed by atoms with Gasteiger partial charge in [0.15, 0.2) is 0 Å². The molecule has 0 rings (SSSR count). The average molecular weight is 262 g/mol. The Morgan fingerprint density at radius 1 is 0.889 bits per heavy atom. The molecule has 0 amide bonds. The summed E-state index contributed by atoms with van der Waals surface area (Å²) in [5.41, 5.74) is 0. The van der Waals surface area contributed by atoms with Crippen molar-refractivity contribution in [2.75, 3.05) is 6.61 Å². The van der Waals surface area contributed by atoms with Gasteiger partial charge in [-0.2, -0.15) is 0 Å². The van der Waals surface area contributed by atoms with E-state index in [0.29, 0.717) is 6.42 Å². The molecule has 18 heavy (non-hydrogen) atoms. The lowest BCUT2D eigenvalue weighted by atomic mass is 10.1. The third kappa shape index (κ3) is 10.7. The van der Waals surface area contributed by atoms with Crippen LogP contribution >= 0.6 is 0 Å². The van der Waals surface area contributed by atoms with Gasteiger partial charge in [0.25, 0.3) is 0 Å². The van der Waals surface area contributed by atoms with Gasteiger partial charge in [0.1, 0.15) is 0 Å². The number of hydrogen-bond acceptors (Lipinski definition) is 6. The molecule has 104 valence electrons. The zero-order chi connectivity index (χ0) is 13.8. The van der Waals surface area contributed by atoms with E-state index in [1.807, 2.05) is 0 Å². The van der Waals surface area contributed by atoms with Gasteiger partial charge in [-0.15, -0.1) is 0 Å². The summed E-state index contributed by atoms with van der Waals surface area (Å²) in [4.78, 5) is 31.3. The number of carbonyl (C=O) groups excluding carboxylic acids is 2. The molecule has 0 saturated carbocycles. The van der Waals surface area contributed by atoms with Crippen molar-refractivity contribution >= 4 is 18.5 Å². The molecule has 0 aromatic heterocycles. The molecule has 0 aromatic rings. The lowest BCUT2D eigenvalue weighted by Crippen LogP contribution is -2.17. The van der Waals surface area contributed by atoms with Crippen molar-refractivity contribution in [1.29, 1.82) is 0 Å². The van der Waals surface area contributed by atoms with Gasteiger partial charge < -0.3 is 19.3 Å². The number of carboxylic acid groups (broad SMARTS) is 1. The standard InChI is InChI=1S/C11H18O7/c1-2-3-4-5-6-7-8-16-10(14)18-11(15)17-9(12)13/h2-8H2,1H3,(H,12,13).